The van der Waals surface area contributed by atoms with Crippen molar-refractivity contribution in [2.45, 2.75) is 25.8 Å². The van der Waals surface area contributed by atoms with Gasteiger partial charge in [-0.2, -0.15) is 0 Å². The molecule has 1 aromatic carbocycles. The van der Waals surface area contributed by atoms with Crippen LogP contribution in [0.5, 0.6) is 0 Å². The molecule has 0 spiro atoms. The molecule has 0 saturated carbocycles. The highest BCUT2D eigenvalue weighted by atomic mass is 16.4. The lowest BCUT2D eigenvalue weighted by Gasteiger charge is -2.19. The van der Waals surface area contributed by atoms with E-state index in [1.165, 1.54) is 20.0 Å². The quantitative estimate of drug-likeness (QED) is 0.840. The van der Waals surface area contributed by atoms with Crippen LogP contribution < -0.4 is 4.90 Å². The summed E-state index contributed by atoms with van der Waals surface area (Å²) in [6.45, 7) is 2.19. The van der Waals surface area contributed by atoms with Crippen LogP contribution >= 0.6 is 0 Å². The molecule has 1 aliphatic heterocycles. The Balaban J connectivity index is 2.01. The van der Waals surface area contributed by atoms with Crippen LogP contribution in [0.1, 0.15) is 25.3 Å². The van der Waals surface area contributed by atoms with Crippen molar-refractivity contribution >= 4 is 29.5 Å². The molecule has 122 valence electrons. The number of carbonyl (C=O) groups excluding carboxylic acids is 2. The fraction of sp³-hybridized carbons (Fsp3) is 0.353. The largest absolute Gasteiger partial charge is 0.480 e. The Morgan fingerprint density at radius 2 is 1.96 bits per heavy atom. The van der Waals surface area contributed by atoms with Gasteiger partial charge in [0.1, 0.15) is 6.04 Å². The maximum Gasteiger partial charge on any atom is 0.326 e. The van der Waals surface area contributed by atoms with Gasteiger partial charge in [-0.25, -0.2) is 4.79 Å². The molecule has 6 nitrogen and oxygen atoms in total. The van der Waals surface area contributed by atoms with Gasteiger partial charge in [-0.3, -0.25) is 9.59 Å². The van der Waals surface area contributed by atoms with Crippen LogP contribution in [0.3, 0.4) is 0 Å². The van der Waals surface area contributed by atoms with Gasteiger partial charge in [-0.1, -0.05) is 12.1 Å². The summed E-state index contributed by atoms with van der Waals surface area (Å²) in [5.41, 5.74) is 1.66. The first-order valence-electron chi connectivity index (χ1n) is 7.48. The van der Waals surface area contributed by atoms with Gasteiger partial charge < -0.3 is 14.9 Å². The van der Waals surface area contributed by atoms with Gasteiger partial charge in [0.25, 0.3) is 0 Å². The highest BCUT2D eigenvalue weighted by Crippen LogP contribution is 2.21. The summed E-state index contributed by atoms with van der Waals surface area (Å²) >= 11 is 0. The Hall–Kier alpha value is -2.63. The first kappa shape index (κ1) is 16.7. The first-order valence-corrected chi connectivity index (χ1v) is 7.48. The molecular formula is C17H20N2O4. The molecule has 23 heavy (non-hydrogen) atoms. The summed E-state index contributed by atoms with van der Waals surface area (Å²) in [6, 6.07) is 6.46. The summed E-state index contributed by atoms with van der Waals surface area (Å²) < 4.78 is 0. The van der Waals surface area contributed by atoms with E-state index in [4.69, 9.17) is 5.11 Å². The van der Waals surface area contributed by atoms with Gasteiger partial charge in [-0.05, 0) is 37.1 Å². The zero-order valence-corrected chi connectivity index (χ0v) is 13.2. The molecule has 1 fully saturated rings. The molecule has 1 saturated heterocycles. The normalized spacial score (nSPS) is 15.9. The third-order valence-corrected chi connectivity index (χ3v) is 3.98. The lowest BCUT2D eigenvalue weighted by atomic mass is 10.1. The molecule has 0 bridgehead atoms. The molecule has 2 rings (SSSR count). The summed E-state index contributed by atoms with van der Waals surface area (Å²) in [7, 11) is 1.45. The molecule has 1 atom stereocenters. The molecule has 0 radical (unpaired) electrons. The van der Waals surface area contributed by atoms with Crippen LogP contribution in [0.2, 0.25) is 0 Å². The molecule has 0 aliphatic carbocycles. The first-order chi connectivity index (χ1) is 10.9. The molecule has 1 N–H and O–H groups in total. The Morgan fingerprint density at radius 1 is 1.30 bits per heavy atom. The van der Waals surface area contributed by atoms with E-state index >= 15 is 0 Å². The Labute approximate surface area is 135 Å². The van der Waals surface area contributed by atoms with E-state index in [2.05, 4.69) is 0 Å². The summed E-state index contributed by atoms with van der Waals surface area (Å²) in [4.78, 5) is 37.4. The maximum absolute atomic E-state index is 11.9. The molecule has 2 amide bonds. The van der Waals surface area contributed by atoms with E-state index in [1.54, 1.807) is 11.0 Å². The van der Waals surface area contributed by atoms with Crippen molar-refractivity contribution in [3.63, 3.8) is 0 Å². The highest BCUT2D eigenvalue weighted by molar-refractivity contribution is 5.96. The topological polar surface area (TPSA) is 77.9 Å². The number of aliphatic carboxylic acids is 1. The predicted molar refractivity (Wildman–Crippen MR) is 86.9 cm³/mol. The molecule has 1 heterocycles. The summed E-state index contributed by atoms with van der Waals surface area (Å²) in [5.74, 6) is -1.29. The minimum atomic E-state index is -1.05. The van der Waals surface area contributed by atoms with Crippen molar-refractivity contribution in [1.29, 1.82) is 0 Å². The van der Waals surface area contributed by atoms with E-state index in [1.807, 2.05) is 24.3 Å². The van der Waals surface area contributed by atoms with Crippen molar-refractivity contribution in [2.24, 2.45) is 0 Å². The standard InChI is InChI=1S/C17H20N2O4/c1-12(17(22)23)18(2)15(20)10-7-13-5-8-14(9-6-13)19-11-3-4-16(19)21/h5-10,12H,3-4,11H2,1-2H3,(H,22,23). The number of hydrogen-bond donors (Lipinski definition) is 1. The van der Waals surface area contributed by atoms with Crippen LogP contribution in [-0.4, -0.2) is 47.4 Å². The molecule has 1 aromatic rings. The number of anilines is 1. The van der Waals surface area contributed by atoms with Crippen molar-refractivity contribution in [3.05, 3.63) is 35.9 Å². The molecule has 1 aliphatic rings. The number of carbonyl (C=O) groups is 3. The molecule has 1 unspecified atom stereocenters. The monoisotopic (exact) mass is 316 g/mol. The Kier molecular flexibility index (Phi) is 5.16. The molecule has 6 heteroatoms. The van der Waals surface area contributed by atoms with E-state index in [9.17, 15) is 14.4 Å². The number of rotatable bonds is 5. The predicted octanol–water partition coefficient (Wildman–Crippen LogP) is 1.76. The van der Waals surface area contributed by atoms with Gasteiger partial charge >= 0.3 is 5.97 Å². The second-order valence-corrected chi connectivity index (χ2v) is 5.54. The number of benzene rings is 1. The number of amides is 2. The van der Waals surface area contributed by atoms with Crippen molar-refractivity contribution in [1.82, 2.24) is 4.90 Å². The second kappa shape index (κ2) is 7.09. The Bertz CT molecular complexity index is 636. The minimum Gasteiger partial charge on any atom is -0.480 e. The van der Waals surface area contributed by atoms with Gasteiger partial charge in [-0.15, -0.1) is 0 Å². The Morgan fingerprint density at radius 3 is 2.48 bits per heavy atom. The van der Waals surface area contributed by atoms with E-state index in [0.29, 0.717) is 6.42 Å². The lowest BCUT2D eigenvalue weighted by Crippen LogP contribution is -2.39. The molecular weight excluding hydrogens is 296 g/mol. The average molecular weight is 316 g/mol. The third kappa shape index (κ3) is 3.97. The van der Waals surface area contributed by atoms with Gasteiger partial charge in [0, 0.05) is 31.8 Å². The van der Waals surface area contributed by atoms with Crippen LogP contribution in [0.25, 0.3) is 6.08 Å². The average Bonchev–Trinajstić information content (AvgIpc) is 2.97. The molecule has 0 aromatic heterocycles. The number of likely N-dealkylation sites (N-methyl/N-ethyl adjacent to an activating group) is 1. The fourth-order valence-corrected chi connectivity index (χ4v) is 2.33. The highest BCUT2D eigenvalue weighted by Gasteiger charge is 2.21. The zero-order chi connectivity index (χ0) is 17.0. The van der Waals surface area contributed by atoms with Gasteiger partial charge in [0.2, 0.25) is 11.8 Å². The van der Waals surface area contributed by atoms with E-state index in [0.717, 1.165) is 29.1 Å². The van der Waals surface area contributed by atoms with Gasteiger partial charge in [0.15, 0.2) is 0 Å². The lowest BCUT2D eigenvalue weighted by molar-refractivity contribution is -0.146. The minimum absolute atomic E-state index is 0.132. The maximum atomic E-state index is 11.9. The number of carboxylic acids is 1. The third-order valence-electron chi connectivity index (χ3n) is 3.98. The van der Waals surface area contributed by atoms with Gasteiger partial charge in [0.05, 0.1) is 0 Å². The smallest absolute Gasteiger partial charge is 0.326 e. The van der Waals surface area contributed by atoms with E-state index in [-0.39, 0.29) is 11.8 Å². The summed E-state index contributed by atoms with van der Waals surface area (Å²) in [5, 5.41) is 8.89. The van der Waals surface area contributed by atoms with Crippen LogP contribution in [-0.2, 0) is 14.4 Å². The SMILES string of the molecule is CC(C(=O)O)N(C)C(=O)C=Cc1ccc(N2CCCC2=O)cc1. The van der Waals surface area contributed by atoms with E-state index < -0.39 is 12.0 Å². The zero-order valence-electron chi connectivity index (χ0n) is 13.2. The fourth-order valence-electron chi connectivity index (χ4n) is 2.33. The van der Waals surface area contributed by atoms with Crippen molar-refractivity contribution in [2.75, 3.05) is 18.5 Å². The van der Waals surface area contributed by atoms with Crippen molar-refractivity contribution in [3.8, 4) is 0 Å². The van der Waals surface area contributed by atoms with Crippen molar-refractivity contribution < 1.29 is 19.5 Å². The van der Waals surface area contributed by atoms with Crippen LogP contribution in [0.4, 0.5) is 5.69 Å². The second-order valence-electron chi connectivity index (χ2n) is 5.54. The number of nitrogens with zero attached hydrogens (tertiary/aromatic N) is 2. The van der Waals surface area contributed by atoms with Crippen LogP contribution in [0.15, 0.2) is 30.3 Å². The summed E-state index contributed by atoms with van der Waals surface area (Å²) in [6.07, 6.45) is 4.44. The number of hydrogen-bond acceptors (Lipinski definition) is 3. The van der Waals surface area contributed by atoms with Crippen LogP contribution in [0, 0.1) is 0 Å². The number of carboxylic acid groups (broad SMARTS) is 1.